The molecule has 98 valence electrons. The summed E-state index contributed by atoms with van der Waals surface area (Å²) in [4.78, 5) is 0. The van der Waals surface area contributed by atoms with Crippen LogP contribution < -0.4 is 0 Å². The van der Waals surface area contributed by atoms with Gasteiger partial charge >= 0.3 is 0 Å². The van der Waals surface area contributed by atoms with E-state index in [2.05, 4.69) is 19.9 Å². The molecule has 2 aliphatic rings. The third-order valence-electron chi connectivity index (χ3n) is 4.65. The average Bonchev–Trinajstić information content (AvgIpc) is 2.30. The van der Waals surface area contributed by atoms with E-state index in [1.165, 1.54) is 25.7 Å². The van der Waals surface area contributed by atoms with Gasteiger partial charge in [0.05, 0.1) is 0 Å². The zero-order valence-electron chi connectivity index (χ0n) is 11.7. The Morgan fingerprint density at radius 2 is 2.00 bits per heavy atom. The highest BCUT2D eigenvalue weighted by molar-refractivity contribution is 5.21. The number of hydrogen-bond acceptors (Lipinski definition) is 2. The molecule has 2 aliphatic carbocycles. The van der Waals surface area contributed by atoms with Crippen molar-refractivity contribution < 1.29 is 9.47 Å². The maximum Gasteiger partial charge on any atom is 0.159 e. The lowest BCUT2D eigenvalue weighted by Gasteiger charge is -2.43. The normalized spacial score (nSPS) is 32.2. The fourth-order valence-electron chi connectivity index (χ4n) is 3.77. The number of hydrogen-bond donors (Lipinski definition) is 0. The minimum Gasteiger partial charge on any atom is -0.356 e. The summed E-state index contributed by atoms with van der Waals surface area (Å²) < 4.78 is 10.8. The van der Waals surface area contributed by atoms with E-state index >= 15 is 0 Å². The van der Waals surface area contributed by atoms with Crippen molar-refractivity contribution in [2.24, 2.45) is 17.3 Å². The van der Waals surface area contributed by atoms with Crippen molar-refractivity contribution >= 4 is 0 Å². The first kappa shape index (κ1) is 13.1. The van der Waals surface area contributed by atoms with Crippen molar-refractivity contribution in [3.05, 3.63) is 11.6 Å². The summed E-state index contributed by atoms with van der Waals surface area (Å²) in [5.74, 6) is 1.30. The molecule has 0 aromatic heterocycles. The van der Waals surface area contributed by atoms with E-state index in [-0.39, 0.29) is 6.29 Å². The molecule has 0 aliphatic heterocycles. The minimum absolute atomic E-state index is 0.0298. The highest BCUT2D eigenvalue weighted by Gasteiger charge is 2.38. The van der Waals surface area contributed by atoms with Gasteiger partial charge in [0, 0.05) is 20.1 Å². The molecule has 0 N–H and O–H groups in total. The molecule has 0 radical (unpaired) electrons. The molecular formula is C15H26O2. The molecule has 0 aromatic rings. The summed E-state index contributed by atoms with van der Waals surface area (Å²) in [6, 6.07) is 0. The molecule has 0 aromatic carbocycles. The molecule has 2 rings (SSSR count). The Hall–Kier alpha value is -0.340. The van der Waals surface area contributed by atoms with Gasteiger partial charge in [0.25, 0.3) is 0 Å². The van der Waals surface area contributed by atoms with Crippen LogP contribution in [0, 0.1) is 17.3 Å². The van der Waals surface area contributed by atoms with Crippen LogP contribution in [0.25, 0.3) is 0 Å². The van der Waals surface area contributed by atoms with E-state index < -0.39 is 0 Å². The molecule has 0 spiro atoms. The van der Waals surface area contributed by atoms with Crippen molar-refractivity contribution in [2.75, 3.05) is 14.2 Å². The molecular weight excluding hydrogens is 212 g/mol. The SMILES string of the molecule is COC(OC)C1CC=C2C(CCCC2(C)C)C1. The number of rotatable bonds is 3. The molecule has 17 heavy (non-hydrogen) atoms. The summed E-state index contributed by atoms with van der Waals surface area (Å²) in [7, 11) is 3.50. The van der Waals surface area contributed by atoms with Gasteiger partial charge in [-0.25, -0.2) is 0 Å². The first-order chi connectivity index (χ1) is 8.08. The second-order valence-corrected chi connectivity index (χ2v) is 6.20. The van der Waals surface area contributed by atoms with Crippen molar-refractivity contribution in [2.45, 2.75) is 52.2 Å². The summed E-state index contributed by atoms with van der Waals surface area (Å²) in [5.41, 5.74) is 2.12. The van der Waals surface area contributed by atoms with Gasteiger partial charge in [-0.15, -0.1) is 0 Å². The van der Waals surface area contributed by atoms with E-state index in [1.54, 1.807) is 19.8 Å². The Kier molecular flexibility index (Phi) is 3.94. The van der Waals surface area contributed by atoms with E-state index in [9.17, 15) is 0 Å². The molecule has 0 amide bonds. The predicted molar refractivity (Wildman–Crippen MR) is 69.7 cm³/mol. The smallest absolute Gasteiger partial charge is 0.159 e. The topological polar surface area (TPSA) is 18.5 Å². The maximum atomic E-state index is 5.42. The number of methoxy groups -OCH3 is 2. The fraction of sp³-hybridized carbons (Fsp3) is 0.867. The Morgan fingerprint density at radius 3 is 2.65 bits per heavy atom. The van der Waals surface area contributed by atoms with E-state index in [4.69, 9.17) is 9.47 Å². The Bertz CT molecular complexity index is 289. The zero-order valence-corrected chi connectivity index (χ0v) is 11.7. The van der Waals surface area contributed by atoms with Gasteiger partial charge in [-0.1, -0.05) is 31.9 Å². The molecule has 2 nitrogen and oxygen atoms in total. The summed E-state index contributed by atoms with van der Waals surface area (Å²) >= 11 is 0. The van der Waals surface area contributed by atoms with Crippen molar-refractivity contribution in [3.63, 3.8) is 0 Å². The monoisotopic (exact) mass is 238 g/mol. The van der Waals surface area contributed by atoms with Crippen molar-refractivity contribution in [1.82, 2.24) is 0 Å². The van der Waals surface area contributed by atoms with Crippen LogP contribution in [0.15, 0.2) is 11.6 Å². The molecule has 0 heterocycles. The molecule has 1 fully saturated rings. The zero-order chi connectivity index (χ0) is 12.5. The predicted octanol–water partition coefficient (Wildman–Crippen LogP) is 3.77. The van der Waals surface area contributed by atoms with Crippen LogP contribution in [0.1, 0.15) is 46.0 Å². The minimum atomic E-state index is -0.0298. The van der Waals surface area contributed by atoms with Gasteiger partial charge in [0.2, 0.25) is 0 Å². The van der Waals surface area contributed by atoms with Gasteiger partial charge < -0.3 is 9.47 Å². The Morgan fingerprint density at radius 1 is 1.29 bits per heavy atom. The van der Waals surface area contributed by atoms with Crippen molar-refractivity contribution in [3.8, 4) is 0 Å². The van der Waals surface area contributed by atoms with Crippen LogP contribution in [0.2, 0.25) is 0 Å². The highest BCUT2D eigenvalue weighted by Crippen LogP contribution is 2.49. The van der Waals surface area contributed by atoms with Crippen molar-refractivity contribution in [1.29, 1.82) is 0 Å². The van der Waals surface area contributed by atoms with Gasteiger partial charge in [-0.05, 0) is 37.0 Å². The molecule has 1 saturated carbocycles. The molecule has 2 atom stereocenters. The first-order valence-corrected chi connectivity index (χ1v) is 6.84. The van der Waals surface area contributed by atoms with Crippen LogP contribution in [-0.4, -0.2) is 20.5 Å². The largest absolute Gasteiger partial charge is 0.356 e. The van der Waals surface area contributed by atoms with E-state index in [1.807, 2.05) is 0 Å². The lowest BCUT2D eigenvalue weighted by Crippen LogP contribution is -2.35. The summed E-state index contributed by atoms with van der Waals surface area (Å²) in [6.07, 6.45) is 8.86. The quantitative estimate of drug-likeness (QED) is 0.550. The number of fused-ring (bicyclic) bond motifs is 1. The Labute approximate surface area is 105 Å². The van der Waals surface area contributed by atoms with E-state index in [0.29, 0.717) is 11.3 Å². The summed E-state index contributed by atoms with van der Waals surface area (Å²) in [6.45, 7) is 4.80. The van der Waals surface area contributed by atoms with Crippen LogP contribution in [0.3, 0.4) is 0 Å². The number of allylic oxidation sites excluding steroid dienone is 2. The molecule has 2 heteroatoms. The third-order valence-corrected chi connectivity index (χ3v) is 4.65. The second-order valence-electron chi connectivity index (χ2n) is 6.20. The first-order valence-electron chi connectivity index (χ1n) is 6.84. The van der Waals surface area contributed by atoms with Gasteiger partial charge in [0.1, 0.15) is 0 Å². The maximum absolute atomic E-state index is 5.42. The molecule has 0 bridgehead atoms. The highest BCUT2D eigenvalue weighted by atomic mass is 16.7. The number of ether oxygens (including phenoxy) is 2. The van der Waals surface area contributed by atoms with E-state index in [0.717, 1.165) is 12.3 Å². The van der Waals surface area contributed by atoms with Gasteiger partial charge in [0.15, 0.2) is 6.29 Å². The van der Waals surface area contributed by atoms with Crippen LogP contribution >= 0.6 is 0 Å². The lowest BCUT2D eigenvalue weighted by molar-refractivity contribution is -0.142. The third kappa shape index (κ3) is 2.58. The van der Waals surface area contributed by atoms with Gasteiger partial charge in [-0.2, -0.15) is 0 Å². The standard InChI is InChI=1S/C15H26O2/c1-15(2)9-5-6-11-10-12(7-8-13(11)15)14(16-3)17-4/h8,11-12,14H,5-7,9-10H2,1-4H3. The molecule has 0 saturated heterocycles. The summed E-state index contributed by atoms with van der Waals surface area (Å²) in [5, 5.41) is 0. The van der Waals surface area contributed by atoms with Crippen LogP contribution in [-0.2, 0) is 9.47 Å². The van der Waals surface area contributed by atoms with Gasteiger partial charge in [-0.3, -0.25) is 0 Å². The fourth-order valence-corrected chi connectivity index (χ4v) is 3.77. The second kappa shape index (κ2) is 5.11. The van der Waals surface area contributed by atoms with Crippen LogP contribution in [0.4, 0.5) is 0 Å². The Balaban J connectivity index is 2.11. The molecule has 2 unspecified atom stereocenters. The lowest BCUT2D eigenvalue weighted by atomic mass is 9.63. The average molecular weight is 238 g/mol. The van der Waals surface area contributed by atoms with Crippen LogP contribution in [0.5, 0.6) is 0 Å².